The van der Waals surface area contributed by atoms with Gasteiger partial charge in [-0.15, -0.1) is 11.3 Å². The number of fused-ring (bicyclic) bond motifs is 1. The van der Waals surface area contributed by atoms with Crippen molar-refractivity contribution in [2.24, 2.45) is 10.9 Å². The second-order valence-electron chi connectivity index (χ2n) is 4.56. The Morgan fingerprint density at radius 2 is 1.90 bits per heavy atom. The van der Waals surface area contributed by atoms with Crippen LogP contribution in [-0.4, -0.2) is 11.0 Å². The summed E-state index contributed by atoms with van der Waals surface area (Å²) in [6.07, 6.45) is 0. The lowest BCUT2D eigenvalue weighted by Gasteiger charge is -2.06. The Labute approximate surface area is 126 Å². The van der Waals surface area contributed by atoms with Crippen molar-refractivity contribution in [3.63, 3.8) is 0 Å². The molecule has 3 aromatic rings. The van der Waals surface area contributed by atoms with E-state index >= 15 is 0 Å². The van der Waals surface area contributed by atoms with Crippen LogP contribution in [-0.2, 0) is 6.61 Å². The molecule has 2 aromatic carbocycles. The summed E-state index contributed by atoms with van der Waals surface area (Å²) in [6, 6.07) is 15.4. The van der Waals surface area contributed by atoms with Crippen molar-refractivity contribution in [1.29, 1.82) is 0 Å². The quantitative estimate of drug-likeness (QED) is 0.335. The molecule has 0 spiro atoms. The highest BCUT2D eigenvalue weighted by Gasteiger charge is 2.05. The summed E-state index contributed by atoms with van der Waals surface area (Å²) < 4.78 is 7.05. The van der Waals surface area contributed by atoms with Crippen LogP contribution in [0.2, 0.25) is 0 Å². The van der Waals surface area contributed by atoms with E-state index in [9.17, 15) is 0 Å². The van der Waals surface area contributed by atoms with Gasteiger partial charge in [0.2, 0.25) is 0 Å². The number of benzene rings is 2. The molecule has 0 radical (unpaired) electrons. The van der Waals surface area contributed by atoms with E-state index in [1.807, 2.05) is 24.3 Å². The SMILES string of the molecule is NC(=NO)c1ccc(OCc2csc3ccccc23)cc1. The molecule has 0 unspecified atom stereocenters. The second-order valence-corrected chi connectivity index (χ2v) is 5.47. The zero-order valence-corrected chi connectivity index (χ0v) is 12.0. The zero-order chi connectivity index (χ0) is 14.7. The fourth-order valence-electron chi connectivity index (χ4n) is 2.09. The number of hydrogen-bond donors (Lipinski definition) is 2. The molecule has 0 amide bonds. The Hall–Kier alpha value is -2.53. The van der Waals surface area contributed by atoms with Gasteiger partial charge in [0.05, 0.1) is 0 Å². The van der Waals surface area contributed by atoms with Gasteiger partial charge in [-0.05, 0) is 41.1 Å². The van der Waals surface area contributed by atoms with Gasteiger partial charge in [0.1, 0.15) is 12.4 Å². The van der Waals surface area contributed by atoms with Crippen LogP contribution in [0.5, 0.6) is 5.75 Å². The number of rotatable bonds is 4. The molecule has 1 aromatic heterocycles. The number of hydrogen-bond acceptors (Lipinski definition) is 4. The summed E-state index contributed by atoms with van der Waals surface area (Å²) in [6.45, 7) is 0.521. The highest BCUT2D eigenvalue weighted by Crippen LogP contribution is 2.26. The standard InChI is InChI=1S/C16H14N2O2S/c17-16(18-19)11-5-7-13(8-6-11)20-9-12-10-21-15-4-2-1-3-14(12)15/h1-8,10,19H,9H2,(H2,17,18). The lowest BCUT2D eigenvalue weighted by molar-refractivity contribution is 0.308. The van der Waals surface area contributed by atoms with Crippen LogP contribution < -0.4 is 10.5 Å². The lowest BCUT2D eigenvalue weighted by atomic mass is 10.2. The second kappa shape index (κ2) is 5.85. The average Bonchev–Trinajstić information content (AvgIpc) is 2.96. The van der Waals surface area contributed by atoms with E-state index in [0.29, 0.717) is 12.2 Å². The molecule has 3 N–H and O–H groups in total. The molecule has 0 aliphatic heterocycles. The van der Waals surface area contributed by atoms with Crippen LogP contribution in [0.1, 0.15) is 11.1 Å². The van der Waals surface area contributed by atoms with E-state index in [4.69, 9.17) is 15.7 Å². The third kappa shape index (κ3) is 2.83. The van der Waals surface area contributed by atoms with Gasteiger partial charge in [-0.3, -0.25) is 0 Å². The van der Waals surface area contributed by atoms with Crippen LogP contribution in [0, 0.1) is 0 Å². The van der Waals surface area contributed by atoms with Crippen molar-refractivity contribution < 1.29 is 9.94 Å². The van der Waals surface area contributed by atoms with E-state index in [-0.39, 0.29) is 5.84 Å². The average molecular weight is 298 g/mol. The minimum absolute atomic E-state index is 0.0883. The lowest BCUT2D eigenvalue weighted by Crippen LogP contribution is -2.12. The van der Waals surface area contributed by atoms with Gasteiger partial charge in [-0.2, -0.15) is 0 Å². The molecule has 1 heterocycles. The van der Waals surface area contributed by atoms with Gasteiger partial charge in [-0.25, -0.2) is 0 Å². The van der Waals surface area contributed by atoms with Gasteiger partial charge in [0.15, 0.2) is 5.84 Å². The summed E-state index contributed by atoms with van der Waals surface area (Å²) in [4.78, 5) is 0. The number of amidine groups is 1. The maximum absolute atomic E-state index is 8.62. The highest BCUT2D eigenvalue weighted by atomic mass is 32.1. The predicted molar refractivity (Wildman–Crippen MR) is 85.1 cm³/mol. The number of oxime groups is 1. The Morgan fingerprint density at radius 1 is 1.14 bits per heavy atom. The van der Waals surface area contributed by atoms with Crippen molar-refractivity contribution in [1.82, 2.24) is 0 Å². The van der Waals surface area contributed by atoms with E-state index in [1.54, 1.807) is 23.5 Å². The summed E-state index contributed by atoms with van der Waals surface area (Å²) in [5, 5.41) is 14.9. The van der Waals surface area contributed by atoms with Crippen molar-refractivity contribution in [3.05, 3.63) is 65.0 Å². The normalized spacial score (nSPS) is 11.7. The van der Waals surface area contributed by atoms with Crippen LogP contribution in [0.25, 0.3) is 10.1 Å². The molecule has 0 atom stereocenters. The summed E-state index contributed by atoms with van der Waals surface area (Å²) >= 11 is 1.72. The molecule has 21 heavy (non-hydrogen) atoms. The van der Waals surface area contributed by atoms with Crippen molar-refractivity contribution in [2.45, 2.75) is 6.61 Å². The number of nitrogens with zero attached hydrogens (tertiary/aromatic N) is 1. The molecule has 0 aliphatic carbocycles. The predicted octanol–water partition coefficient (Wildman–Crippen LogP) is 3.57. The third-order valence-electron chi connectivity index (χ3n) is 3.21. The smallest absolute Gasteiger partial charge is 0.170 e. The molecule has 5 heteroatoms. The summed E-state index contributed by atoms with van der Waals surface area (Å²) in [5.41, 5.74) is 7.35. The minimum Gasteiger partial charge on any atom is -0.489 e. The molecule has 0 bridgehead atoms. The van der Waals surface area contributed by atoms with Crippen LogP contribution >= 0.6 is 11.3 Å². The first kappa shape index (κ1) is 13.5. The molecule has 0 fully saturated rings. The molecular weight excluding hydrogens is 284 g/mol. The monoisotopic (exact) mass is 298 g/mol. The van der Waals surface area contributed by atoms with Crippen LogP contribution in [0.3, 0.4) is 0 Å². The molecular formula is C16H14N2O2S. The van der Waals surface area contributed by atoms with Gasteiger partial charge in [-0.1, -0.05) is 23.4 Å². The van der Waals surface area contributed by atoms with E-state index in [2.05, 4.69) is 22.7 Å². The van der Waals surface area contributed by atoms with Gasteiger partial charge < -0.3 is 15.7 Å². The fraction of sp³-hybridized carbons (Fsp3) is 0.0625. The highest BCUT2D eigenvalue weighted by molar-refractivity contribution is 7.17. The number of nitrogens with two attached hydrogens (primary N) is 1. The summed E-state index contributed by atoms with van der Waals surface area (Å²) in [7, 11) is 0. The van der Waals surface area contributed by atoms with Crippen molar-refractivity contribution in [2.75, 3.05) is 0 Å². The molecule has 106 valence electrons. The summed E-state index contributed by atoms with van der Waals surface area (Å²) in [5.74, 6) is 0.838. The number of ether oxygens (including phenoxy) is 1. The van der Waals surface area contributed by atoms with E-state index in [0.717, 1.165) is 5.75 Å². The topological polar surface area (TPSA) is 67.8 Å². The maximum atomic E-state index is 8.62. The third-order valence-corrected chi connectivity index (χ3v) is 4.23. The Bertz CT molecular complexity index is 778. The van der Waals surface area contributed by atoms with Gasteiger partial charge in [0.25, 0.3) is 0 Å². The first-order valence-corrected chi connectivity index (χ1v) is 7.32. The number of thiophene rings is 1. The minimum atomic E-state index is 0.0883. The molecule has 0 saturated carbocycles. The van der Waals surface area contributed by atoms with Gasteiger partial charge in [0, 0.05) is 15.8 Å². The fourth-order valence-corrected chi connectivity index (χ4v) is 3.03. The Kier molecular flexibility index (Phi) is 3.75. The molecule has 0 aliphatic rings. The van der Waals surface area contributed by atoms with Crippen LogP contribution in [0.4, 0.5) is 0 Å². The van der Waals surface area contributed by atoms with Crippen molar-refractivity contribution in [3.8, 4) is 5.75 Å². The Balaban J connectivity index is 1.73. The zero-order valence-electron chi connectivity index (χ0n) is 11.2. The largest absolute Gasteiger partial charge is 0.489 e. The Morgan fingerprint density at radius 3 is 2.67 bits per heavy atom. The van der Waals surface area contributed by atoms with Crippen molar-refractivity contribution >= 4 is 27.3 Å². The van der Waals surface area contributed by atoms with Crippen LogP contribution in [0.15, 0.2) is 59.1 Å². The molecule has 0 saturated heterocycles. The molecule has 3 rings (SSSR count). The first-order valence-electron chi connectivity index (χ1n) is 6.44. The maximum Gasteiger partial charge on any atom is 0.170 e. The molecule has 4 nitrogen and oxygen atoms in total. The van der Waals surface area contributed by atoms with Gasteiger partial charge >= 0.3 is 0 Å². The van der Waals surface area contributed by atoms with E-state index < -0.39 is 0 Å². The first-order chi connectivity index (χ1) is 10.3. The van der Waals surface area contributed by atoms with E-state index in [1.165, 1.54) is 15.6 Å².